The standard InChI is InChI=1S/C12H15NO3S/c1-14-8-2-3-10(12(13)17)11(6-8)16-9-4-5-15-7-9/h2-3,6,9H,4-5,7H2,1H3,(H2,13,17). The van der Waals surface area contributed by atoms with Crippen LogP contribution in [0.25, 0.3) is 0 Å². The van der Waals surface area contributed by atoms with Crippen LogP contribution in [0.5, 0.6) is 11.5 Å². The van der Waals surface area contributed by atoms with Crippen LogP contribution < -0.4 is 15.2 Å². The summed E-state index contributed by atoms with van der Waals surface area (Å²) in [5, 5.41) is 0. The van der Waals surface area contributed by atoms with Gasteiger partial charge in [0, 0.05) is 12.5 Å². The molecule has 0 radical (unpaired) electrons. The molecule has 1 unspecified atom stereocenters. The van der Waals surface area contributed by atoms with Crippen LogP contribution in [-0.2, 0) is 4.74 Å². The number of ether oxygens (including phenoxy) is 3. The molecule has 0 bridgehead atoms. The molecule has 4 nitrogen and oxygen atoms in total. The van der Waals surface area contributed by atoms with E-state index in [1.807, 2.05) is 12.1 Å². The van der Waals surface area contributed by atoms with Gasteiger partial charge in [-0.15, -0.1) is 0 Å². The third-order valence-electron chi connectivity index (χ3n) is 2.64. The highest BCUT2D eigenvalue weighted by Crippen LogP contribution is 2.27. The minimum absolute atomic E-state index is 0.0650. The second-order valence-corrected chi connectivity index (χ2v) is 4.27. The Hall–Kier alpha value is -1.33. The number of benzene rings is 1. The van der Waals surface area contributed by atoms with E-state index in [-0.39, 0.29) is 6.10 Å². The molecular formula is C12H15NO3S. The van der Waals surface area contributed by atoms with Crippen molar-refractivity contribution in [1.29, 1.82) is 0 Å². The van der Waals surface area contributed by atoms with Crippen LogP contribution in [0.15, 0.2) is 18.2 Å². The lowest BCUT2D eigenvalue weighted by Gasteiger charge is -2.16. The topological polar surface area (TPSA) is 53.7 Å². The number of hydrogen-bond donors (Lipinski definition) is 1. The van der Waals surface area contributed by atoms with Gasteiger partial charge in [-0.25, -0.2) is 0 Å². The smallest absolute Gasteiger partial charge is 0.133 e. The highest BCUT2D eigenvalue weighted by Gasteiger charge is 2.19. The number of hydrogen-bond acceptors (Lipinski definition) is 4. The van der Waals surface area contributed by atoms with Gasteiger partial charge in [0.2, 0.25) is 0 Å². The molecule has 0 amide bonds. The van der Waals surface area contributed by atoms with Crippen LogP contribution in [0.1, 0.15) is 12.0 Å². The summed E-state index contributed by atoms with van der Waals surface area (Å²) in [6, 6.07) is 5.42. The minimum Gasteiger partial charge on any atom is -0.497 e. The molecule has 0 saturated carbocycles. The molecule has 0 spiro atoms. The Balaban J connectivity index is 2.24. The summed E-state index contributed by atoms with van der Waals surface area (Å²) in [7, 11) is 1.61. The Morgan fingerprint density at radius 1 is 1.53 bits per heavy atom. The van der Waals surface area contributed by atoms with Gasteiger partial charge in [0.15, 0.2) is 0 Å². The number of nitrogens with two attached hydrogens (primary N) is 1. The Bertz CT molecular complexity index is 416. The Labute approximate surface area is 106 Å². The molecular weight excluding hydrogens is 238 g/mol. The van der Waals surface area contributed by atoms with Crippen LogP contribution in [-0.4, -0.2) is 31.4 Å². The van der Waals surface area contributed by atoms with E-state index >= 15 is 0 Å². The molecule has 0 aliphatic carbocycles. The van der Waals surface area contributed by atoms with E-state index in [1.54, 1.807) is 13.2 Å². The highest BCUT2D eigenvalue weighted by molar-refractivity contribution is 7.80. The van der Waals surface area contributed by atoms with Gasteiger partial charge in [-0.1, -0.05) is 12.2 Å². The lowest BCUT2D eigenvalue weighted by Crippen LogP contribution is -2.19. The molecule has 1 fully saturated rings. The molecule has 1 saturated heterocycles. The van der Waals surface area contributed by atoms with Crippen LogP contribution in [0.4, 0.5) is 0 Å². The first kappa shape index (κ1) is 12.1. The van der Waals surface area contributed by atoms with E-state index in [9.17, 15) is 0 Å². The van der Waals surface area contributed by atoms with Crippen LogP contribution in [0.3, 0.4) is 0 Å². The largest absolute Gasteiger partial charge is 0.497 e. The first-order chi connectivity index (χ1) is 8.20. The molecule has 17 heavy (non-hydrogen) atoms. The summed E-state index contributed by atoms with van der Waals surface area (Å²) in [6.07, 6.45) is 0.948. The van der Waals surface area contributed by atoms with Gasteiger partial charge in [0.1, 0.15) is 22.6 Å². The SMILES string of the molecule is COc1ccc(C(N)=S)c(OC2CCOC2)c1. The van der Waals surface area contributed by atoms with Gasteiger partial charge < -0.3 is 19.9 Å². The van der Waals surface area contributed by atoms with E-state index < -0.39 is 0 Å². The molecule has 92 valence electrons. The zero-order chi connectivity index (χ0) is 12.3. The number of methoxy groups -OCH3 is 1. The number of thiocarbonyl (C=S) groups is 1. The van der Waals surface area contributed by atoms with Crippen molar-refractivity contribution in [3.05, 3.63) is 23.8 Å². The fraction of sp³-hybridized carbons (Fsp3) is 0.417. The molecule has 1 aliphatic rings. The van der Waals surface area contributed by atoms with Crippen molar-refractivity contribution in [1.82, 2.24) is 0 Å². The quantitative estimate of drug-likeness (QED) is 0.824. The second-order valence-electron chi connectivity index (χ2n) is 3.83. The summed E-state index contributed by atoms with van der Waals surface area (Å²) >= 11 is 5.00. The van der Waals surface area contributed by atoms with Crippen molar-refractivity contribution < 1.29 is 14.2 Å². The van der Waals surface area contributed by atoms with E-state index in [1.165, 1.54) is 0 Å². The van der Waals surface area contributed by atoms with Crippen molar-refractivity contribution in [3.8, 4) is 11.5 Å². The monoisotopic (exact) mass is 253 g/mol. The van der Waals surface area contributed by atoms with Crippen molar-refractivity contribution in [3.63, 3.8) is 0 Å². The molecule has 5 heteroatoms. The molecule has 1 heterocycles. The van der Waals surface area contributed by atoms with Gasteiger partial charge in [-0.2, -0.15) is 0 Å². The summed E-state index contributed by atoms with van der Waals surface area (Å²) in [4.78, 5) is 0.321. The summed E-state index contributed by atoms with van der Waals surface area (Å²) in [5.41, 5.74) is 6.39. The Morgan fingerprint density at radius 3 is 2.94 bits per heavy atom. The predicted molar refractivity (Wildman–Crippen MR) is 68.7 cm³/mol. The molecule has 2 rings (SSSR count). The first-order valence-corrected chi connectivity index (χ1v) is 5.84. The van der Waals surface area contributed by atoms with Crippen molar-refractivity contribution in [2.75, 3.05) is 20.3 Å². The average molecular weight is 253 g/mol. The van der Waals surface area contributed by atoms with Gasteiger partial charge in [-0.05, 0) is 12.1 Å². The van der Waals surface area contributed by atoms with Gasteiger partial charge in [0.25, 0.3) is 0 Å². The predicted octanol–water partition coefficient (Wildman–Crippen LogP) is 1.50. The van der Waals surface area contributed by atoms with Crippen molar-refractivity contribution >= 4 is 17.2 Å². The molecule has 1 aromatic carbocycles. The van der Waals surface area contributed by atoms with Gasteiger partial charge in [0.05, 0.1) is 25.9 Å². The van der Waals surface area contributed by atoms with Crippen LogP contribution >= 0.6 is 12.2 Å². The van der Waals surface area contributed by atoms with Gasteiger partial charge >= 0.3 is 0 Å². The lowest BCUT2D eigenvalue weighted by molar-refractivity contribution is 0.141. The second kappa shape index (κ2) is 5.33. The molecule has 2 N–H and O–H groups in total. The van der Waals surface area contributed by atoms with Crippen LogP contribution in [0, 0.1) is 0 Å². The van der Waals surface area contributed by atoms with Crippen LogP contribution in [0.2, 0.25) is 0 Å². The molecule has 0 aromatic heterocycles. The van der Waals surface area contributed by atoms with E-state index in [0.29, 0.717) is 17.3 Å². The van der Waals surface area contributed by atoms with E-state index in [4.69, 9.17) is 32.2 Å². The van der Waals surface area contributed by atoms with E-state index in [2.05, 4.69) is 0 Å². The summed E-state index contributed by atoms with van der Waals surface area (Å²) in [6.45, 7) is 1.34. The van der Waals surface area contributed by atoms with E-state index in [0.717, 1.165) is 24.3 Å². The fourth-order valence-electron chi connectivity index (χ4n) is 1.72. The molecule has 1 atom stereocenters. The first-order valence-electron chi connectivity index (χ1n) is 5.43. The van der Waals surface area contributed by atoms with Crippen molar-refractivity contribution in [2.24, 2.45) is 5.73 Å². The third kappa shape index (κ3) is 2.87. The van der Waals surface area contributed by atoms with Crippen molar-refractivity contribution in [2.45, 2.75) is 12.5 Å². The zero-order valence-electron chi connectivity index (χ0n) is 9.64. The Morgan fingerprint density at radius 2 is 2.35 bits per heavy atom. The lowest BCUT2D eigenvalue weighted by atomic mass is 10.2. The maximum absolute atomic E-state index is 5.84. The van der Waals surface area contributed by atoms with Gasteiger partial charge in [-0.3, -0.25) is 0 Å². The highest BCUT2D eigenvalue weighted by atomic mass is 32.1. The summed E-state index contributed by atoms with van der Waals surface area (Å²) < 4.78 is 16.3. The average Bonchev–Trinajstić information content (AvgIpc) is 2.81. The normalized spacial score (nSPS) is 19.0. The summed E-state index contributed by atoms with van der Waals surface area (Å²) in [5.74, 6) is 1.38. The molecule has 1 aromatic rings. The molecule has 1 aliphatic heterocycles. The maximum atomic E-state index is 5.84. The minimum atomic E-state index is 0.0650. The maximum Gasteiger partial charge on any atom is 0.133 e. The zero-order valence-corrected chi connectivity index (χ0v) is 10.5. The number of rotatable bonds is 4. The third-order valence-corrected chi connectivity index (χ3v) is 2.86. The Kier molecular flexibility index (Phi) is 3.81. The fourth-order valence-corrected chi connectivity index (χ4v) is 1.88.